The van der Waals surface area contributed by atoms with Gasteiger partial charge in [0, 0.05) is 7.05 Å². The summed E-state index contributed by atoms with van der Waals surface area (Å²) in [4.78, 5) is 3.92. The molecule has 0 N–H and O–H groups in total. The highest BCUT2D eigenvalue weighted by atomic mass is 14.6. The summed E-state index contributed by atoms with van der Waals surface area (Å²) in [5, 5.41) is 0. The second-order valence-corrected chi connectivity index (χ2v) is 3.04. The Hall–Kier alpha value is -0.850. The standard InChI is InChI=1S/C11H19N/c1-10(2)11(3)8-6-5-7-9-12-4/h8-9H,1,5-7H2,2-4H3/b11-8+,12-9?. The molecule has 0 atom stereocenters. The fourth-order valence-electron chi connectivity index (χ4n) is 0.831. The molecule has 0 heterocycles. The number of allylic oxidation sites excluding steroid dienone is 3. The zero-order valence-electron chi connectivity index (χ0n) is 8.43. The van der Waals surface area contributed by atoms with Crippen LogP contribution in [0.4, 0.5) is 0 Å². The summed E-state index contributed by atoms with van der Waals surface area (Å²) >= 11 is 0. The van der Waals surface area contributed by atoms with Crippen LogP contribution in [0, 0.1) is 0 Å². The molecule has 0 aliphatic heterocycles. The first-order chi connectivity index (χ1) is 5.68. The van der Waals surface area contributed by atoms with Gasteiger partial charge in [-0.2, -0.15) is 0 Å². The minimum atomic E-state index is 1.08. The number of hydrogen-bond acceptors (Lipinski definition) is 1. The molecule has 0 radical (unpaired) electrons. The molecule has 0 bridgehead atoms. The van der Waals surface area contributed by atoms with Gasteiger partial charge in [0.2, 0.25) is 0 Å². The highest BCUT2D eigenvalue weighted by molar-refractivity contribution is 5.56. The summed E-state index contributed by atoms with van der Waals surface area (Å²) < 4.78 is 0. The molecule has 0 rings (SSSR count). The van der Waals surface area contributed by atoms with Gasteiger partial charge in [-0.15, -0.1) is 0 Å². The Morgan fingerprint density at radius 2 is 2.00 bits per heavy atom. The van der Waals surface area contributed by atoms with Crippen LogP contribution in [0.3, 0.4) is 0 Å². The van der Waals surface area contributed by atoms with Gasteiger partial charge in [0.15, 0.2) is 0 Å². The van der Waals surface area contributed by atoms with E-state index in [1.165, 1.54) is 17.6 Å². The Labute approximate surface area is 75.9 Å². The van der Waals surface area contributed by atoms with Gasteiger partial charge in [-0.25, -0.2) is 0 Å². The largest absolute Gasteiger partial charge is 0.301 e. The van der Waals surface area contributed by atoms with Crippen LogP contribution in [0.15, 0.2) is 28.8 Å². The predicted octanol–water partition coefficient (Wildman–Crippen LogP) is 3.38. The van der Waals surface area contributed by atoms with Crippen LogP contribution in [-0.4, -0.2) is 13.3 Å². The number of aliphatic imine (C=N–C) groups is 1. The van der Waals surface area contributed by atoms with Crippen molar-refractivity contribution < 1.29 is 0 Å². The van der Waals surface area contributed by atoms with Gasteiger partial charge in [-0.3, -0.25) is 0 Å². The van der Waals surface area contributed by atoms with Gasteiger partial charge >= 0.3 is 0 Å². The van der Waals surface area contributed by atoms with Crippen LogP contribution < -0.4 is 0 Å². The maximum atomic E-state index is 3.92. The molecular weight excluding hydrogens is 146 g/mol. The Morgan fingerprint density at radius 3 is 2.50 bits per heavy atom. The lowest BCUT2D eigenvalue weighted by atomic mass is 10.1. The van der Waals surface area contributed by atoms with Crippen molar-refractivity contribution >= 4 is 6.21 Å². The fourth-order valence-corrected chi connectivity index (χ4v) is 0.831. The number of hydrogen-bond donors (Lipinski definition) is 0. The van der Waals surface area contributed by atoms with E-state index in [1.807, 2.05) is 20.2 Å². The van der Waals surface area contributed by atoms with Gasteiger partial charge in [0.25, 0.3) is 0 Å². The maximum absolute atomic E-state index is 3.92. The third-order valence-corrected chi connectivity index (χ3v) is 1.84. The van der Waals surface area contributed by atoms with E-state index in [-0.39, 0.29) is 0 Å². The highest BCUT2D eigenvalue weighted by Gasteiger charge is 1.88. The average molecular weight is 165 g/mol. The first-order valence-electron chi connectivity index (χ1n) is 4.41. The summed E-state index contributed by atoms with van der Waals surface area (Å²) in [6, 6.07) is 0. The summed E-state index contributed by atoms with van der Waals surface area (Å²) in [5.74, 6) is 0. The normalized spacial score (nSPS) is 12.4. The van der Waals surface area contributed by atoms with Crippen LogP contribution in [0.5, 0.6) is 0 Å². The molecule has 0 aliphatic carbocycles. The molecule has 0 aromatic rings. The van der Waals surface area contributed by atoms with Crippen molar-refractivity contribution in [3.63, 3.8) is 0 Å². The van der Waals surface area contributed by atoms with Crippen molar-refractivity contribution in [3.8, 4) is 0 Å². The number of rotatable bonds is 5. The Morgan fingerprint density at radius 1 is 1.33 bits per heavy atom. The smallest absolute Gasteiger partial charge is 0.0273 e. The van der Waals surface area contributed by atoms with E-state index in [0.29, 0.717) is 0 Å². The molecule has 0 aliphatic rings. The molecule has 12 heavy (non-hydrogen) atoms. The topological polar surface area (TPSA) is 12.4 Å². The molecule has 1 heteroatoms. The van der Waals surface area contributed by atoms with Crippen LogP contribution in [0.1, 0.15) is 33.1 Å². The first-order valence-corrected chi connectivity index (χ1v) is 4.41. The highest BCUT2D eigenvalue weighted by Crippen LogP contribution is 2.07. The third-order valence-electron chi connectivity index (χ3n) is 1.84. The van der Waals surface area contributed by atoms with E-state index in [1.54, 1.807) is 0 Å². The minimum Gasteiger partial charge on any atom is -0.301 e. The summed E-state index contributed by atoms with van der Waals surface area (Å²) in [7, 11) is 1.81. The van der Waals surface area contributed by atoms with Crippen molar-refractivity contribution in [2.75, 3.05) is 7.05 Å². The molecule has 0 saturated heterocycles. The molecule has 0 aromatic heterocycles. The van der Waals surface area contributed by atoms with Crippen LogP contribution in [0.2, 0.25) is 0 Å². The summed E-state index contributed by atoms with van der Waals surface area (Å²) in [5.41, 5.74) is 2.47. The molecule has 0 fully saturated rings. The van der Waals surface area contributed by atoms with Crippen molar-refractivity contribution in [2.24, 2.45) is 4.99 Å². The van der Waals surface area contributed by atoms with E-state index in [4.69, 9.17) is 0 Å². The lowest BCUT2D eigenvalue weighted by Crippen LogP contribution is -1.79. The van der Waals surface area contributed by atoms with Crippen molar-refractivity contribution in [2.45, 2.75) is 33.1 Å². The van der Waals surface area contributed by atoms with E-state index in [2.05, 4.69) is 24.6 Å². The van der Waals surface area contributed by atoms with E-state index in [0.717, 1.165) is 12.8 Å². The SMILES string of the molecule is C=C(C)/C(C)=C/CCCC=NC. The minimum absolute atomic E-state index is 1.08. The van der Waals surface area contributed by atoms with E-state index < -0.39 is 0 Å². The van der Waals surface area contributed by atoms with E-state index >= 15 is 0 Å². The third kappa shape index (κ3) is 5.90. The summed E-state index contributed by atoms with van der Waals surface area (Å²) in [6.07, 6.45) is 7.60. The summed E-state index contributed by atoms with van der Waals surface area (Å²) in [6.45, 7) is 8.02. The van der Waals surface area contributed by atoms with Crippen molar-refractivity contribution in [1.82, 2.24) is 0 Å². The van der Waals surface area contributed by atoms with Gasteiger partial charge < -0.3 is 4.99 Å². The van der Waals surface area contributed by atoms with E-state index in [9.17, 15) is 0 Å². The number of nitrogens with zero attached hydrogens (tertiary/aromatic N) is 1. The molecule has 68 valence electrons. The molecule has 1 nitrogen and oxygen atoms in total. The lowest BCUT2D eigenvalue weighted by Gasteiger charge is -1.97. The van der Waals surface area contributed by atoms with Gasteiger partial charge in [0.1, 0.15) is 0 Å². The molecule has 0 amide bonds. The van der Waals surface area contributed by atoms with Crippen LogP contribution >= 0.6 is 0 Å². The van der Waals surface area contributed by atoms with Gasteiger partial charge in [-0.05, 0) is 39.3 Å². The van der Waals surface area contributed by atoms with Crippen molar-refractivity contribution in [3.05, 3.63) is 23.8 Å². The fraction of sp³-hybridized carbons (Fsp3) is 0.545. The van der Waals surface area contributed by atoms with Crippen LogP contribution in [-0.2, 0) is 0 Å². The molecule has 0 aromatic carbocycles. The maximum Gasteiger partial charge on any atom is 0.0273 e. The Balaban J connectivity index is 3.53. The van der Waals surface area contributed by atoms with Gasteiger partial charge in [0.05, 0.1) is 0 Å². The average Bonchev–Trinajstić information content (AvgIpc) is 2.03. The molecular formula is C11H19N. The molecule has 0 spiro atoms. The monoisotopic (exact) mass is 165 g/mol. The van der Waals surface area contributed by atoms with Crippen molar-refractivity contribution in [1.29, 1.82) is 0 Å². The Bertz CT molecular complexity index is 187. The predicted molar refractivity (Wildman–Crippen MR) is 56.8 cm³/mol. The number of unbranched alkanes of at least 4 members (excludes halogenated alkanes) is 2. The second kappa shape index (κ2) is 6.84. The Kier molecular flexibility index (Phi) is 6.35. The first kappa shape index (κ1) is 11.2. The quantitative estimate of drug-likeness (QED) is 0.336. The second-order valence-electron chi connectivity index (χ2n) is 3.04. The van der Waals surface area contributed by atoms with Gasteiger partial charge in [-0.1, -0.05) is 23.8 Å². The zero-order valence-corrected chi connectivity index (χ0v) is 8.43. The zero-order chi connectivity index (χ0) is 9.40. The molecule has 0 unspecified atom stereocenters. The molecule has 0 saturated carbocycles. The van der Waals surface area contributed by atoms with Crippen LogP contribution in [0.25, 0.3) is 0 Å². The lowest BCUT2D eigenvalue weighted by molar-refractivity contribution is 0.896.